The molecule has 0 aliphatic carbocycles. The summed E-state index contributed by atoms with van der Waals surface area (Å²) in [5, 5.41) is 3.31. The fraction of sp³-hybridized carbons (Fsp3) is 0.923. The maximum absolute atomic E-state index is 11.9. The average molecular weight is 240 g/mol. The third-order valence-electron chi connectivity index (χ3n) is 3.70. The summed E-state index contributed by atoms with van der Waals surface area (Å²) < 4.78 is 5.54. The first kappa shape index (κ1) is 12.8. The van der Waals surface area contributed by atoms with Crippen LogP contribution >= 0.6 is 0 Å². The van der Waals surface area contributed by atoms with Crippen molar-refractivity contribution in [3.8, 4) is 0 Å². The van der Waals surface area contributed by atoms with E-state index >= 15 is 0 Å². The van der Waals surface area contributed by atoms with Gasteiger partial charge in [-0.25, -0.2) is 0 Å². The van der Waals surface area contributed by atoms with E-state index in [-0.39, 0.29) is 12.5 Å². The molecule has 2 fully saturated rings. The highest BCUT2D eigenvalue weighted by Crippen LogP contribution is 2.11. The summed E-state index contributed by atoms with van der Waals surface area (Å²) in [5.41, 5.74) is 0. The smallest absolute Gasteiger partial charge is 0.248 e. The molecule has 0 radical (unpaired) electrons. The standard InChI is InChI=1S/C13H24N2O2/c16-13(15-7-3-1-2-4-8-15)11-17-10-12-5-6-14-9-12/h12,14H,1-11H2. The van der Waals surface area contributed by atoms with Crippen molar-refractivity contribution < 1.29 is 9.53 Å². The molecule has 2 aliphatic rings. The Morgan fingerprint density at radius 3 is 2.65 bits per heavy atom. The van der Waals surface area contributed by atoms with Gasteiger partial charge in [0.2, 0.25) is 5.91 Å². The van der Waals surface area contributed by atoms with Gasteiger partial charge in [-0.3, -0.25) is 4.79 Å². The molecule has 0 aromatic carbocycles. The van der Waals surface area contributed by atoms with Gasteiger partial charge in [0, 0.05) is 19.6 Å². The van der Waals surface area contributed by atoms with Crippen LogP contribution in [0.15, 0.2) is 0 Å². The Balaban J connectivity index is 1.61. The molecule has 2 saturated heterocycles. The molecule has 2 rings (SSSR count). The molecule has 1 atom stereocenters. The zero-order valence-corrected chi connectivity index (χ0v) is 10.6. The molecule has 17 heavy (non-hydrogen) atoms. The molecule has 1 N–H and O–H groups in total. The van der Waals surface area contributed by atoms with Crippen LogP contribution < -0.4 is 5.32 Å². The second kappa shape index (κ2) is 6.97. The van der Waals surface area contributed by atoms with Gasteiger partial charge in [-0.05, 0) is 31.7 Å². The monoisotopic (exact) mass is 240 g/mol. The molecular weight excluding hydrogens is 216 g/mol. The molecule has 98 valence electrons. The zero-order valence-electron chi connectivity index (χ0n) is 10.6. The molecule has 0 saturated carbocycles. The van der Waals surface area contributed by atoms with E-state index in [2.05, 4.69) is 5.32 Å². The minimum atomic E-state index is 0.179. The highest BCUT2D eigenvalue weighted by Gasteiger charge is 2.18. The van der Waals surface area contributed by atoms with Crippen molar-refractivity contribution in [1.29, 1.82) is 0 Å². The number of hydrogen-bond acceptors (Lipinski definition) is 3. The number of amides is 1. The number of likely N-dealkylation sites (tertiary alicyclic amines) is 1. The van der Waals surface area contributed by atoms with Crippen LogP contribution in [0, 0.1) is 5.92 Å². The van der Waals surface area contributed by atoms with E-state index in [0.717, 1.165) is 45.6 Å². The summed E-state index contributed by atoms with van der Waals surface area (Å²) in [6, 6.07) is 0. The van der Waals surface area contributed by atoms with Crippen molar-refractivity contribution in [3.05, 3.63) is 0 Å². The summed E-state index contributed by atoms with van der Waals surface area (Å²) in [6.45, 7) is 4.98. The number of carbonyl (C=O) groups excluding carboxylic acids is 1. The molecule has 0 spiro atoms. The minimum absolute atomic E-state index is 0.179. The summed E-state index contributed by atoms with van der Waals surface area (Å²) in [6.07, 6.45) is 6.01. The van der Waals surface area contributed by atoms with Crippen molar-refractivity contribution in [2.75, 3.05) is 39.4 Å². The highest BCUT2D eigenvalue weighted by molar-refractivity contribution is 5.77. The molecule has 1 amide bonds. The Morgan fingerprint density at radius 2 is 2.00 bits per heavy atom. The SMILES string of the molecule is O=C(COCC1CCNC1)N1CCCCCC1. The quantitative estimate of drug-likeness (QED) is 0.797. The lowest BCUT2D eigenvalue weighted by molar-refractivity contribution is -0.136. The van der Waals surface area contributed by atoms with Gasteiger partial charge >= 0.3 is 0 Å². The van der Waals surface area contributed by atoms with Crippen molar-refractivity contribution >= 4 is 5.91 Å². The van der Waals surface area contributed by atoms with Crippen molar-refractivity contribution in [2.45, 2.75) is 32.1 Å². The van der Waals surface area contributed by atoms with Gasteiger partial charge in [-0.1, -0.05) is 12.8 Å². The van der Waals surface area contributed by atoms with Crippen LogP contribution in [0.2, 0.25) is 0 Å². The van der Waals surface area contributed by atoms with Crippen molar-refractivity contribution in [1.82, 2.24) is 10.2 Å². The lowest BCUT2D eigenvalue weighted by Crippen LogP contribution is -2.35. The molecule has 2 aliphatic heterocycles. The zero-order chi connectivity index (χ0) is 11.9. The van der Waals surface area contributed by atoms with Crippen LogP contribution in [0.4, 0.5) is 0 Å². The molecular formula is C13H24N2O2. The molecule has 0 aromatic rings. The third kappa shape index (κ3) is 4.28. The summed E-state index contributed by atoms with van der Waals surface area (Å²) in [5.74, 6) is 0.782. The largest absolute Gasteiger partial charge is 0.371 e. The van der Waals surface area contributed by atoms with Crippen molar-refractivity contribution in [3.63, 3.8) is 0 Å². The maximum Gasteiger partial charge on any atom is 0.248 e. The van der Waals surface area contributed by atoms with E-state index in [1.807, 2.05) is 4.90 Å². The topological polar surface area (TPSA) is 41.6 Å². The van der Waals surface area contributed by atoms with Gasteiger partial charge in [0.25, 0.3) is 0 Å². The summed E-state index contributed by atoms with van der Waals surface area (Å²) >= 11 is 0. The molecule has 2 heterocycles. The van der Waals surface area contributed by atoms with E-state index in [0.29, 0.717) is 5.92 Å². The van der Waals surface area contributed by atoms with E-state index in [9.17, 15) is 4.79 Å². The average Bonchev–Trinajstić information content (AvgIpc) is 2.69. The van der Waals surface area contributed by atoms with Crippen LogP contribution in [-0.2, 0) is 9.53 Å². The van der Waals surface area contributed by atoms with Crippen LogP contribution in [0.1, 0.15) is 32.1 Å². The van der Waals surface area contributed by atoms with Crippen LogP contribution in [-0.4, -0.2) is 50.2 Å². The van der Waals surface area contributed by atoms with Gasteiger partial charge in [0.1, 0.15) is 6.61 Å². The Kier molecular flexibility index (Phi) is 5.26. The number of hydrogen-bond donors (Lipinski definition) is 1. The first-order chi connectivity index (χ1) is 8.36. The lowest BCUT2D eigenvalue weighted by atomic mass is 10.1. The Hall–Kier alpha value is -0.610. The third-order valence-corrected chi connectivity index (χ3v) is 3.70. The van der Waals surface area contributed by atoms with E-state index in [1.165, 1.54) is 19.3 Å². The number of nitrogens with one attached hydrogen (secondary N) is 1. The van der Waals surface area contributed by atoms with Gasteiger partial charge in [0.05, 0.1) is 6.61 Å². The second-order valence-corrected chi connectivity index (χ2v) is 5.17. The number of nitrogens with zero attached hydrogens (tertiary/aromatic N) is 1. The van der Waals surface area contributed by atoms with Gasteiger partial charge in [-0.15, -0.1) is 0 Å². The summed E-state index contributed by atoms with van der Waals surface area (Å²) in [4.78, 5) is 13.9. The Labute approximate surface area is 104 Å². The maximum atomic E-state index is 11.9. The van der Waals surface area contributed by atoms with Gasteiger partial charge in [-0.2, -0.15) is 0 Å². The molecule has 4 nitrogen and oxygen atoms in total. The normalized spacial score (nSPS) is 25.9. The number of carbonyl (C=O) groups is 1. The minimum Gasteiger partial charge on any atom is -0.371 e. The Bertz CT molecular complexity index is 232. The number of ether oxygens (including phenoxy) is 1. The predicted molar refractivity (Wildman–Crippen MR) is 66.8 cm³/mol. The van der Waals surface area contributed by atoms with Crippen LogP contribution in [0.25, 0.3) is 0 Å². The summed E-state index contributed by atoms with van der Waals surface area (Å²) in [7, 11) is 0. The first-order valence-electron chi connectivity index (χ1n) is 6.92. The molecule has 0 aromatic heterocycles. The van der Waals surface area contributed by atoms with Gasteiger partial charge in [0.15, 0.2) is 0 Å². The Morgan fingerprint density at radius 1 is 1.24 bits per heavy atom. The van der Waals surface area contributed by atoms with Gasteiger partial charge < -0.3 is 15.0 Å². The first-order valence-corrected chi connectivity index (χ1v) is 6.92. The van der Waals surface area contributed by atoms with Crippen LogP contribution in [0.3, 0.4) is 0 Å². The predicted octanol–water partition coefficient (Wildman–Crippen LogP) is 1.02. The lowest BCUT2D eigenvalue weighted by Gasteiger charge is -2.20. The van der Waals surface area contributed by atoms with Crippen LogP contribution in [0.5, 0.6) is 0 Å². The molecule has 1 unspecified atom stereocenters. The molecule has 4 heteroatoms. The number of rotatable bonds is 4. The molecule has 0 bridgehead atoms. The van der Waals surface area contributed by atoms with E-state index in [4.69, 9.17) is 4.74 Å². The highest BCUT2D eigenvalue weighted by atomic mass is 16.5. The fourth-order valence-corrected chi connectivity index (χ4v) is 2.58. The van der Waals surface area contributed by atoms with E-state index < -0.39 is 0 Å². The fourth-order valence-electron chi connectivity index (χ4n) is 2.58. The van der Waals surface area contributed by atoms with Crippen molar-refractivity contribution in [2.24, 2.45) is 5.92 Å². The second-order valence-electron chi connectivity index (χ2n) is 5.17. The van der Waals surface area contributed by atoms with E-state index in [1.54, 1.807) is 0 Å².